The smallest absolute Gasteiger partial charge is 0.197 e. The van der Waals surface area contributed by atoms with Gasteiger partial charge in [0, 0.05) is 18.3 Å². The standard InChI is InChI=1S/C19H24N2O3S/c1-10-7-8-25(23,24)19-12(3)15(9-11(2)16(10)19)18(22)17-13(4)20-21(6)14(17)5/h9-10H,7-8H2,1-6H3. The second-order valence-corrected chi connectivity index (χ2v) is 9.16. The van der Waals surface area contributed by atoms with Gasteiger partial charge in [-0.1, -0.05) is 6.92 Å². The van der Waals surface area contributed by atoms with Gasteiger partial charge in [0.05, 0.1) is 21.9 Å². The van der Waals surface area contributed by atoms with E-state index in [1.54, 1.807) is 25.6 Å². The van der Waals surface area contributed by atoms with E-state index in [-0.39, 0.29) is 17.5 Å². The summed E-state index contributed by atoms with van der Waals surface area (Å²) >= 11 is 0. The molecule has 0 radical (unpaired) electrons. The molecule has 0 bridgehead atoms. The predicted molar refractivity (Wildman–Crippen MR) is 97.1 cm³/mol. The van der Waals surface area contributed by atoms with E-state index in [1.807, 2.05) is 19.9 Å². The van der Waals surface area contributed by atoms with Crippen molar-refractivity contribution in [3.63, 3.8) is 0 Å². The molecule has 3 rings (SSSR count). The third kappa shape index (κ3) is 2.63. The minimum absolute atomic E-state index is 0.143. The lowest BCUT2D eigenvalue weighted by atomic mass is 9.87. The Hall–Kier alpha value is -1.95. The van der Waals surface area contributed by atoms with E-state index < -0.39 is 9.84 Å². The van der Waals surface area contributed by atoms with Gasteiger partial charge in [-0.05, 0) is 62.8 Å². The molecule has 1 aliphatic rings. The Kier molecular flexibility index (Phi) is 4.14. The van der Waals surface area contributed by atoms with Crippen molar-refractivity contribution >= 4 is 15.6 Å². The molecule has 2 aromatic rings. The molecular weight excluding hydrogens is 336 g/mol. The van der Waals surface area contributed by atoms with Gasteiger partial charge < -0.3 is 0 Å². The summed E-state index contributed by atoms with van der Waals surface area (Å²) in [5, 5.41) is 4.32. The first-order chi connectivity index (χ1) is 11.6. The summed E-state index contributed by atoms with van der Waals surface area (Å²) in [4.78, 5) is 13.6. The van der Waals surface area contributed by atoms with Crippen LogP contribution in [0.3, 0.4) is 0 Å². The summed E-state index contributed by atoms with van der Waals surface area (Å²) < 4.78 is 27.1. The van der Waals surface area contributed by atoms with Gasteiger partial charge in [0.15, 0.2) is 15.6 Å². The van der Waals surface area contributed by atoms with Crippen LogP contribution in [-0.2, 0) is 16.9 Å². The Balaban J connectivity index is 2.30. The van der Waals surface area contributed by atoms with Gasteiger partial charge in [-0.2, -0.15) is 5.10 Å². The maximum absolute atomic E-state index is 13.2. The van der Waals surface area contributed by atoms with Gasteiger partial charge in [0.25, 0.3) is 0 Å². The number of ketones is 1. The highest BCUT2D eigenvalue weighted by Gasteiger charge is 2.34. The Morgan fingerprint density at radius 1 is 1.24 bits per heavy atom. The lowest BCUT2D eigenvalue weighted by Gasteiger charge is -2.27. The first-order valence-electron chi connectivity index (χ1n) is 8.48. The summed E-state index contributed by atoms with van der Waals surface area (Å²) in [5.41, 5.74) is 4.79. The fraction of sp³-hybridized carbons (Fsp3) is 0.474. The first-order valence-corrected chi connectivity index (χ1v) is 10.1. The van der Waals surface area contributed by atoms with Crippen LogP contribution < -0.4 is 0 Å². The van der Waals surface area contributed by atoms with Crippen molar-refractivity contribution in [2.24, 2.45) is 7.05 Å². The van der Waals surface area contributed by atoms with Gasteiger partial charge in [-0.25, -0.2) is 8.42 Å². The Labute approximate surface area is 149 Å². The van der Waals surface area contributed by atoms with Crippen molar-refractivity contribution < 1.29 is 13.2 Å². The van der Waals surface area contributed by atoms with Crippen LogP contribution in [0.5, 0.6) is 0 Å². The molecule has 0 saturated carbocycles. The number of carbonyl (C=O) groups is 1. The molecule has 0 saturated heterocycles. The van der Waals surface area contributed by atoms with Gasteiger partial charge in [-0.15, -0.1) is 0 Å². The summed E-state index contributed by atoms with van der Waals surface area (Å²) in [6, 6.07) is 1.85. The summed E-state index contributed by atoms with van der Waals surface area (Å²) in [6.07, 6.45) is 0.629. The fourth-order valence-electron chi connectivity index (χ4n) is 3.97. The van der Waals surface area contributed by atoms with Crippen molar-refractivity contribution in [2.75, 3.05) is 5.75 Å². The monoisotopic (exact) mass is 360 g/mol. The third-order valence-electron chi connectivity index (χ3n) is 5.38. The highest BCUT2D eigenvalue weighted by Crippen LogP contribution is 2.39. The van der Waals surface area contributed by atoms with Crippen molar-refractivity contribution in [3.05, 3.63) is 45.3 Å². The van der Waals surface area contributed by atoms with Crippen LogP contribution in [0.1, 0.15) is 63.3 Å². The average molecular weight is 360 g/mol. The molecule has 0 amide bonds. The van der Waals surface area contributed by atoms with Crippen LogP contribution in [0.2, 0.25) is 0 Å². The number of fused-ring (bicyclic) bond motifs is 1. The molecule has 0 aliphatic carbocycles. The number of sulfone groups is 1. The Morgan fingerprint density at radius 3 is 2.44 bits per heavy atom. The zero-order valence-corrected chi connectivity index (χ0v) is 16.4. The second kappa shape index (κ2) is 5.80. The van der Waals surface area contributed by atoms with Gasteiger partial charge in [0.2, 0.25) is 0 Å². The number of rotatable bonds is 2. The summed E-state index contributed by atoms with van der Waals surface area (Å²) in [5.74, 6) is 0.174. The van der Waals surface area contributed by atoms with E-state index in [0.717, 1.165) is 16.8 Å². The van der Waals surface area contributed by atoms with Crippen molar-refractivity contribution in [2.45, 2.75) is 51.9 Å². The van der Waals surface area contributed by atoms with Crippen molar-refractivity contribution in [1.29, 1.82) is 0 Å². The molecule has 0 fully saturated rings. The van der Waals surface area contributed by atoms with Gasteiger partial charge >= 0.3 is 0 Å². The number of carbonyl (C=O) groups excluding carboxylic acids is 1. The molecule has 1 atom stereocenters. The van der Waals surface area contributed by atoms with E-state index >= 15 is 0 Å². The number of hydrogen-bond donors (Lipinski definition) is 0. The van der Waals surface area contributed by atoms with E-state index in [4.69, 9.17) is 0 Å². The van der Waals surface area contributed by atoms with Gasteiger partial charge in [-0.3, -0.25) is 9.48 Å². The number of aromatic nitrogens is 2. The largest absolute Gasteiger partial charge is 0.288 e. The van der Waals surface area contributed by atoms with Crippen LogP contribution in [0, 0.1) is 27.7 Å². The molecule has 0 spiro atoms. The van der Waals surface area contributed by atoms with E-state index in [1.165, 1.54) is 0 Å². The zero-order valence-electron chi connectivity index (χ0n) is 15.6. The van der Waals surface area contributed by atoms with Crippen LogP contribution in [0.4, 0.5) is 0 Å². The topological polar surface area (TPSA) is 69.0 Å². The highest BCUT2D eigenvalue weighted by molar-refractivity contribution is 7.91. The van der Waals surface area contributed by atoms with Gasteiger partial charge in [0.1, 0.15) is 0 Å². The highest BCUT2D eigenvalue weighted by atomic mass is 32.2. The molecule has 1 aliphatic heterocycles. The first kappa shape index (κ1) is 17.9. The van der Waals surface area contributed by atoms with Crippen molar-refractivity contribution in [3.8, 4) is 0 Å². The molecule has 5 nitrogen and oxygen atoms in total. The molecule has 1 aromatic carbocycles. The SMILES string of the molecule is Cc1cc(C(=O)c2c(C)nn(C)c2C)c(C)c2c1C(C)CCS2(=O)=O. The average Bonchev–Trinajstić information content (AvgIpc) is 2.77. The lowest BCUT2D eigenvalue weighted by Crippen LogP contribution is -2.23. The summed E-state index contributed by atoms with van der Waals surface area (Å²) in [7, 11) is -1.55. The van der Waals surface area contributed by atoms with Crippen LogP contribution in [0.25, 0.3) is 0 Å². The molecule has 6 heteroatoms. The molecular formula is C19H24N2O3S. The summed E-state index contributed by atoms with van der Waals surface area (Å²) in [6.45, 7) is 9.36. The van der Waals surface area contributed by atoms with E-state index in [9.17, 15) is 13.2 Å². The minimum atomic E-state index is -3.35. The molecule has 25 heavy (non-hydrogen) atoms. The molecule has 2 heterocycles. The fourth-order valence-corrected chi connectivity index (χ4v) is 6.11. The number of hydrogen-bond acceptors (Lipinski definition) is 4. The normalized spacial score (nSPS) is 18.9. The predicted octanol–water partition coefficient (Wildman–Crippen LogP) is 3.17. The quantitative estimate of drug-likeness (QED) is 0.772. The molecule has 1 aromatic heterocycles. The lowest BCUT2D eigenvalue weighted by molar-refractivity contribution is 0.103. The third-order valence-corrected chi connectivity index (χ3v) is 7.30. The van der Waals surface area contributed by atoms with Crippen LogP contribution in [-0.4, -0.2) is 29.7 Å². The zero-order chi connectivity index (χ0) is 18.7. The number of aryl methyl sites for hydroxylation is 3. The van der Waals surface area contributed by atoms with E-state index in [0.29, 0.717) is 33.7 Å². The number of benzene rings is 1. The number of nitrogens with zero attached hydrogens (tertiary/aromatic N) is 2. The Morgan fingerprint density at radius 2 is 1.88 bits per heavy atom. The molecule has 0 N–H and O–H groups in total. The molecule has 134 valence electrons. The van der Waals surface area contributed by atoms with Crippen molar-refractivity contribution in [1.82, 2.24) is 9.78 Å². The maximum Gasteiger partial charge on any atom is 0.197 e. The second-order valence-electron chi connectivity index (χ2n) is 7.12. The van der Waals surface area contributed by atoms with Crippen LogP contribution >= 0.6 is 0 Å². The minimum Gasteiger partial charge on any atom is -0.288 e. The molecule has 1 unspecified atom stereocenters. The van der Waals surface area contributed by atoms with Crippen LogP contribution in [0.15, 0.2) is 11.0 Å². The van der Waals surface area contributed by atoms with E-state index in [2.05, 4.69) is 12.0 Å². The maximum atomic E-state index is 13.2. The Bertz CT molecular complexity index is 1000.